The molecule has 5 nitrogen and oxygen atoms in total. The summed E-state index contributed by atoms with van der Waals surface area (Å²) < 4.78 is 26.1. The van der Waals surface area contributed by atoms with Gasteiger partial charge in [-0.05, 0) is 44.9 Å². The van der Waals surface area contributed by atoms with Crippen LogP contribution in [0.25, 0.3) is 0 Å². The van der Waals surface area contributed by atoms with Gasteiger partial charge in [-0.2, -0.15) is 0 Å². The Morgan fingerprint density at radius 2 is 1.74 bits per heavy atom. The van der Waals surface area contributed by atoms with E-state index in [0.717, 1.165) is 32.2 Å². The molecular formula is C17H32N2O3S. The fourth-order valence-corrected chi connectivity index (χ4v) is 5.47. The normalized spacial score (nSPS) is 24.8. The van der Waals surface area contributed by atoms with Crippen molar-refractivity contribution in [3.8, 4) is 0 Å². The Labute approximate surface area is 141 Å². The van der Waals surface area contributed by atoms with Crippen molar-refractivity contribution in [1.82, 2.24) is 9.21 Å². The van der Waals surface area contributed by atoms with Gasteiger partial charge in [0.1, 0.15) is 0 Å². The predicted molar refractivity (Wildman–Crippen MR) is 92.6 cm³/mol. The van der Waals surface area contributed by atoms with Crippen molar-refractivity contribution in [3.63, 3.8) is 0 Å². The molecule has 134 valence electrons. The van der Waals surface area contributed by atoms with Crippen molar-refractivity contribution in [1.29, 1.82) is 0 Å². The van der Waals surface area contributed by atoms with Crippen molar-refractivity contribution in [2.75, 3.05) is 25.4 Å². The topological polar surface area (TPSA) is 57.7 Å². The average Bonchev–Trinajstić information content (AvgIpc) is 2.59. The summed E-state index contributed by atoms with van der Waals surface area (Å²) in [5, 5.41) is 0. The molecule has 2 heterocycles. The van der Waals surface area contributed by atoms with Crippen molar-refractivity contribution in [3.05, 3.63) is 0 Å². The van der Waals surface area contributed by atoms with E-state index < -0.39 is 10.0 Å². The number of likely N-dealkylation sites (tertiary alicyclic amines) is 1. The number of sulfonamides is 1. The van der Waals surface area contributed by atoms with Gasteiger partial charge in [-0.1, -0.05) is 20.3 Å². The molecule has 2 fully saturated rings. The Hall–Kier alpha value is -0.620. The molecule has 1 atom stereocenters. The summed E-state index contributed by atoms with van der Waals surface area (Å²) in [5.41, 5.74) is 0. The van der Waals surface area contributed by atoms with Crippen LogP contribution in [0.1, 0.15) is 65.2 Å². The lowest BCUT2D eigenvalue weighted by Gasteiger charge is -2.39. The van der Waals surface area contributed by atoms with Crippen LogP contribution in [-0.2, 0) is 14.8 Å². The fraction of sp³-hybridized carbons (Fsp3) is 0.941. The third kappa shape index (κ3) is 4.69. The molecule has 0 spiro atoms. The number of carbonyl (C=O) groups is 1. The quantitative estimate of drug-likeness (QED) is 0.744. The average molecular weight is 345 g/mol. The lowest BCUT2D eigenvalue weighted by atomic mass is 9.92. The highest BCUT2D eigenvalue weighted by Gasteiger charge is 2.35. The van der Waals surface area contributed by atoms with E-state index >= 15 is 0 Å². The van der Waals surface area contributed by atoms with E-state index in [2.05, 4.69) is 11.8 Å². The molecular weight excluding hydrogens is 312 g/mol. The van der Waals surface area contributed by atoms with Gasteiger partial charge in [-0.15, -0.1) is 0 Å². The summed E-state index contributed by atoms with van der Waals surface area (Å²) in [4.78, 5) is 14.9. The number of hydrogen-bond donors (Lipinski definition) is 0. The van der Waals surface area contributed by atoms with E-state index in [1.54, 1.807) is 4.31 Å². The highest BCUT2D eigenvalue weighted by Crippen LogP contribution is 2.27. The zero-order chi connectivity index (χ0) is 16.9. The third-order valence-corrected chi connectivity index (χ3v) is 7.29. The number of carbonyl (C=O) groups excluding carboxylic acids is 1. The molecule has 0 radical (unpaired) electrons. The lowest BCUT2D eigenvalue weighted by Crippen LogP contribution is -2.49. The van der Waals surface area contributed by atoms with Gasteiger partial charge in [0.25, 0.3) is 0 Å². The minimum absolute atomic E-state index is 0.0137. The molecule has 0 aromatic carbocycles. The van der Waals surface area contributed by atoms with E-state index in [-0.39, 0.29) is 17.6 Å². The summed E-state index contributed by atoms with van der Waals surface area (Å²) in [6, 6.07) is 0.391. The van der Waals surface area contributed by atoms with Crippen molar-refractivity contribution in [2.45, 2.75) is 71.3 Å². The first-order chi connectivity index (χ1) is 11.0. The molecule has 2 aliphatic rings. The van der Waals surface area contributed by atoms with Crippen LogP contribution in [0.5, 0.6) is 0 Å². The smallest absolute Gasteiger partial charge is 0.226 e. The summed E-state index contributed by atoms with van der Waals surface area (Å²) in [7, 11) is -3.13. The standard InChI is InChI=1S/C17H32N2O3S/c1-3-5-14-23(21,22)18-12-9-15(10-13-18)17(20)19-11-7-6-8-16(19)4-2/h15-16H,3-14H2,1-2H3. The minimum atomic E-state index is -3.13. The highest BCUT2D eigenvalue weighted by atomic mass is 32.2. The predicted octanol–water partition coefficient (Wildman–Crippen LogP) is 2.62. The van der Waals surface area contributed by atoms with Crippen LogP contribution in [0.15, 0.2) is 0 Å². The molecule has 0 saturated carbocycles. The number of unbranched alkanes of at least 4 members (excludes halogenated alkanes) is 1. The Morgan fingerprint density at radius 1 is 1.04 bits per heavy atom. The second-order valence-corrected chi connectivity index (χ2v) is 9.02. The maximum Gasteiger partial charge on any atom is 0.226 e. The molecule has 0 aromatic rings. The molecule has 0 aromatic heterocycles. The fourth-order valence-electron chi connectivity index (χ4n) is 3.79. The van der Waals surface area contributed by atoms with E-state index in [0.29, 0.717) is 38.4 Å². The van der Waals surface area contributed by atoms with Crippen LogP contribution in [-0.4, -0.2) is 55.0 Å². The molecule has 0 aliphatic carbocycles. The van der Waals surface area contributed by atoms with Gasteiger partial charge in [-0.3, -0.25) is 4.79 Å². The van der Waals surface area contributed by atoms with Crippen molar-refractivity contribution >= 4 is 15.9 Å². The number of amides is 1. The van der Waals surface area contributed by atoms with Gasteiger partial charge in [-0.25, -0.2) is 12.7 Å². The van der Waals surface area contributed by atoms with Gasteiger partial charge in [0.2, 0.25) is 15.9 Å². The Kier molecular flexibility index (Phi) is 6.89. The Bertz CT molecular complexity index is 484. The molecule has 2 aliphatic heterocycles. The van der Waals surface area contributed by atoms with Crippen LogP contribution in [0.4, 0.5) is 0 Å². The molecule has 0 bridgehead atoms. The molecule has 23 heavy (non-hydrogen) atoms. The first-order valence-corrected chi connectivity index (χ1v) is 10.9. The van der Waals surface area contributed by atoms with Gasteiger partial charge in [0.15, 0.2) is 0 Å². The van der Waals surface area contributed by atoms with Crippen LogP contribution < -0.4 is 0 Å². The summed E-state index contributed by atoms with van der Waals surface area (Å²) in [5.74, 6) is 0.522. The zero-order valence-corrected chi connectivity index (χ0v) is 15.5. The largest absolute Gasteiger partial charge is 0.339 e. The zero-order valence-electron chi connectivity index (χ0n) is 14.7. The molecule has 0 N–H and O–H groups in total. The van der Waals surface area contributed by atoms with E-state index in [4.69, 9.17) is 0 Å². The number of hydrogen-bond acceptors (Lipinski definition) is 3. The highest BCUT2D eigenvalue weighted by molar-refractivity contribution is 7.89. The molecule has 6 heteroatoms. The van der Waals surface area contributed by atoms with Crippen molar-refractivity contribution in [2.24, 2.45) is 5.92 Å². The van der Waals surface area contributed by atoms with Crippen LogP contribution in [0.3, 0.4) is 0 Å². The van der Waals surface area contributed by atoms with Gasteiger partial charge in [0, 0.05) is 31.6 Å². The maximum absolute atomic E-state index is 12.8. The second kappa shape index (κ2) is 8.47. The lowest BCUT2D eigenvalue weighted by molar-refractivity contribution is -0.140. The van der Waals surface area contributed by atoms with E-state index in [9.17, 15) is 13.2 Å². The molecule has 1 amide bonds. The maximum atomic E-state index is 12.8. The number of rotatable bonds is 6. The van der Waals surface area contributed by atoms with E-state index in [1.165, 1.54) is 6.42 Å². The number of nitrogens with zero attached hydrogens (tertiary/aromatic N) is 2. The van der Waals surface area contributed by atoms with Crippen LogP contribution in [0, 0.1) is 5.92 Å². The van der Waals surface area contributed by atoms with Gasteiger partial charge >= 0.3 is 0 Å². The Morgan fingerprint density at radius 3 is 2.35 bits per heavy atom. The molecule has 1 unspecified atom stereocenters. The minimum Gasteiger partial charge on any atom is -0.339 e. The number of piperidine rings is 2. The summed E-state index contributed by atoms with van der Waals surface area (Å²) in [6.45, 7) is 6.05. The third-order valence-electron chi connectivity index (χ3n) is 5.33. The van der Waals surface area contributed by atoms with E-state index in [1.807, 2.05) is 6.92 Å². The SMILES string of the molecule is CCCCS(=O)(=O)N1CCC(C(=O)N2CCCCC2CC)CC1. The van der Waals surface area contributed by atoms with Crippen LogP contribution >= 0.6 is 0 Å². The summed E-state index contributed by atoms with van der Waals surface area (Å²) >= 11 is 0. The Balaban J connectivity index is 1.89. The molecule has 2 rings (SSSR count). The monoisotopic (exact) mass is 344 g/mol. The second-order valence-electron chi connectivity index (χ2n) is 6.93. The first-order valence-electron chi connectivity index (χ1n) is 9.28. The van der Waals surface area contributed by atoms with Gasteiger partial charge in [0.05, 0.1) is 5.75 Å². The summed E-state index contributed by atoms with van der Waals surface area (Å²) in [6.07, 6.45) is 7.42. The van der Waals surface area contributed by atoms with Crippen LogP contribution in [0.2, 0.25) is 0 Å². The first kappa shape index (κ1) is 18.7. The molecule has 2 saturated heterocycles. The van der Waals surface area contributed by atoms with Gasteiger partial charge < -0.3 is 4.90 Å². The van der Waals surface area contributed by atoms with Crippen molar-refractivity contribution < 1.29 is 13.2 Å².